The van der Waals surface area contributed by atoms with Crippen LogP contribution in [0.15, 0.2) is 30.3 Å². The molecule has 0 spiro atoms. The van der Waals surface area contributed by atoms with E-state index in [0.29, 0.717) is 6.61 Å². The van der Waals surface area contributed by atoms with E-state index < -0.39 is 0 Å². The number of hydrogen-bond acceptors (Lipinski definition) is 4. The molecular formula is C16H18O4. The second-order valence-electron chi connectivity index (χ2n) is 4.72. The van der Waals surface area contributed by atoms with Crippen LogP contribution in [0.2, 0.25) is 0 Å². The van der Waals surface area contributed by atoms with E-state index in [0.717, 1.165) is 17.5 Å². The predicted molar refractivity (Wildman–Crippen MR) is 75.0 cm³/mol. The molecule has 4 nitrogen and oxygen atoms in total. The van der Waals surface area contributed by atoms with Crippen LogP contribution in [-0.2, 0) is 19.1 Å². The minimum Gasteiger partial charge on any atom is -0.466 e. The van der Waals surface area contributed by atoms with Gasteiger partial charge in [-0.05, 0) is 36.5 Å². The summed E-state index contributed by atoms with van der Waals surface area (Å²) in [5, 5.41) is 0. The van der Waals surface area contributed by atoms with E-state index in [1.807, 2.05) is 31.2 Å². The average Bonchev–Trinajstić information content (AvgIpc) is 3.26. The molecule has 1 aromatic rings. The molecule has 1 fully saturated rings. The second kappa shape index (κ2) is 6.37. The Morgan fingerprint density at radius 2 is 2.00 bits per heavy atom. The van der Waals surface area contributed by atoms with E-state index in [-0.39, 0.29) is 23.8 Å². The lowest BCUT2D eigenvalue weighted by Crippen LogP contribution is -2.07. The molecule has 20 heavy (non-hydrogen) atoms. The maximum Gasteiger partial charge on any atom is 0.330 e. The molecule has 2 atom stereocenters. The van der Waals surface area contributed by atoms with Crippen molar-refractivity contribution in [1.29, 1.82) is 0 Å². The monoisotopic (exact) mass is 274 g/mol. The molecule has 0 aromatic heterocycles. The first-order valence-corrected chi connectivity index (χ1v) is 6.68. The summed E-state index contributed by atoms with van der Waals surface area (Å²) in [6.45, 7) is 2.25. The largest absolute Gasteiger partial charge is 0.466 e. The van der Waals surface area contributed by atoms with Crippen molar-refractivity contribution in [2.75, 3.05) is 13.7 Å². The summed E-state index contributed by atoms with van der Waals surface area (Å²) < 4.78 is 9.55. The number of methoxy groups -OCH3 is 1. The standard InChI is InChI=1S/C16H18O4/c1-3-20-16(18)14-10-13(14)12-7-4-11(5-8-12)6-9-15(17)19-2/h4-9,13-14H,3,10H2,1-2H3/b9-6+/t13-,14+/m0/s1. The van der Waals surface area contributed by atoms with Crippen LogP contribution in [0.3, 0.4) is 0 Å². The van der Waals surface area contributed by atoms with Crippen LogP contribution >= 0.6 is 0 Å². The molecule has 4 heteroatoms. The molecule has 0 amide bonds. The van der Waals surface area contributed by atoms with Crippen molar-refractivity contribution in [3.63, 3.8) is 0 Å². The quantitative estimate of drug-likeness (QED) is 0.611. The first kappa shape index (κ1) is 14.3. The molecule has 2 rings (SSSR count). The van der Waals surface area contributed by atoms with Gasteiger partial charge in [0.25, 0.3) is 0 Å². The van der Waals surface area contributed by atoms with E-state index in [4.69, 9.17) is 4.74 Å². The Labute approximate surface area is 118 Å². The van der Waals surface area contributed by atoms with Gasteiger partial charge >= 0.3 is 11.9 Å². The summed E-state index contributed by atoms with van der Waals surface area (Å²) in [6.07, 6.45) is 3.94. The first-order chi connectivity index (χ1) is 9.65. The molecule has 106 valence electrons. The second-order valence-corrected chi connectivity index (χ2v) is 4.72. The molecule has 0 N–H and O–H groups in total. The topological polar surface area (TPSA) is 52.6 Å². The number of ether oxygens (including phenoxy) is 2. The molecule has 0 aliphatic heterocycles. The summed E-state index contributed by atoms with van der Waals surface area (Å²) in [5.41, 5.74) is 2.06. The lowest BCUT2D eigenvalue weighted by atomic mass is 10.1. The fourth-order valence-corrected chi connectivity index (χ4v) is 2.16. The lowest BCUT2D eigenvalue weighted by Gasteiger charge is -2.02. The van der Waals surface area contributed by atoms with Gasteiger partial charge in [0.05, 0.1) is 19.6 Å². The summed E-state index contributed by atoms with van der Waals surface area (Å²) in [7, 11) is 1.35. The number of carbonyl (C=O) groups excluding carboxylic acids is 2. The van der Waals surface area contributed by atoms with E-state index in [9.17, 15) is 9.59 Å². The fraction of sp³-hybridized carbons (Fsp3) is 0.375. The third-order valence-electron chi connectivity index (χ3n) is 3.36. The lowest BCUT2D eigenvalue weighted by molar-refractivity contribution is -0.144. The maximum absolute atomic E-state index is 11.6. The summed E-state index contributed by atoms with van der Waals surface area (Å²) >= 11 is 0. The molecule has 1 aromatic carbocycles. The zero-order valence-corrected chi connectivity index (χ0v) is 11.7. The number of hydrogen-bond donors (Lipinski definition) is 0. The minimum absolute atomic E-state index is 0.00594. The fourth-order valence-electron chi connectivity index (χ4n) is 2.16. The van der Waals surface area contributed by atoms with Crippen LogP contribution in [0.25, 0.3) is 6.08 Å². The molecule has 0 heterocycles. The van der Waals surface area contributed by atoms with Gasteiger partial charge in [-0.1, -0.05) is 24.3 Å². The van der Waals surface area contributed by atoms with Gasteiger partial charge in [0, 0.05) is 6.08 Å². The summed E-state index contributed by atoms with van der Waals surface area (Å²) in [5.74, 6) is -0.204. The van der Waals surface area contributed by atoms with Gasteiger partial charge in [-0.15, -0.1) is 0 Å². The van der Waals surface area contributed by atoms with Gasteiger partial charge in [-0.2, -0.15) is 0 Å². The molecule has 0 radical (unpaired) electrons. The highest BCUT2D eigenvalue weighted by Gasteiger charge is 2.44. The van der Waals surface area contributed by atoms with Crippen molar-refractivity contribution in [1.82, 2.24) is 0 Å². The SMILES string of the molecule is CCOC(=O)[C@@H]1C[C@H]1c1ccc(/C=C/C(=O)OC)cc1. The minimum atomic E-state index is -0.376. The van der Waals surface area contributed by atoms with E-state index in [1.165, 1.54) is 13.2 Å². The van der Waals surface area contributed by atoms with Gasteiger partial charge in [-0.3, -0.25) is 4.79 Å². The molecule has 1 aliphatic rings. The van der Waals surface area contributed by atoms with Gasteiger partial charge in [0.2, 0.25) is 0 Å². The van der Waals surface area contributed by atoms with Crippen molar-refractivity contribution in [2.45, 2.75) is 19.3 Å². The van der Waals surface area contributed by atoms with Crippen LogP contribution in [0, 0.1) is 5.92 Å². The zero-order valence-electron chi connectivity index (χ0n) is 11.7. The van der Waals surface area contributed by atoms with E-state index in [2.05, 4.69) is 4.74 Å². The maximum atomic E-state index is 11.6. The third-order valence-corrected chi connectivity index (χ3v) is 3.36. The van der Waals surface area contributed by atoms with Crippen molar-refractivity contribution in [3.8, 4) is 0 Å². The summed E-state index contributed by atoms with van der Waals surface area (Å²) in [6, 6.07) is 7.83. The Morgan fingerprint density at radius 1 is 1.30 bits per heavy atom. The molecule has 0 unspecified atom stereocenters. The van der Waals surface area contributed by atoms with Gasteiger partial charge in [-0.25, -0.2) is 4.79 Å². The van der Waals surface area contributed by atoms with Crippen LogP contribution in [-0.4, -0.2) is 25.7 Å². The van der Waals surface area contributed by atoms with Crippen LogP contribution in [0.5, 0.6) is 0 Å². The van der Waals surface area contributed by atoms with E-state index in [1.54, 1.807) is 6.08 Å². The van der Waals surface area contributed by atoms with Crippen molar-refractivity contribution in [2.24, 2.45) is 5.92 Å². The Morgan fingerprint density at radius 3 is 2.60 bits per heavy atom. The number of carbonyl (C=O) groups is 2. The predicted octanol–water partition coefficient (Wildman–Crippen LogP) is 2.54. The van der Waals surface area contributed by atoms with Crippen molar-refractivity contribution < 1.29 is 19.1 Å². The van der Waals surface area contributed by atoms with Gasteiger partial charge in [0.15, 0.2) is 0 Å². The molecule has 0 saturated heterocycles. The molecule has 0 bridgehead atoms. The number of esters is 2. The molecule has 1 aliphatic carbocycles. The highest BCUT2D eigenvalue weighted by atomic mass is 16.5. The van der Waals surface area contributed by atoms with Crippen molar-refractivity contribution >= 4 is 18.0 Å². The average molecular weight is 274 g/mol. The first-order valence-electron chi connectivity index (χ1n) is 6.68. The molecule has 1 saturated carbocycles. The zero-order chi connectivity index (χ0) is 14.5. The Kier molecular flexibility index (Phi) is 4.56. The smallest absolute Gasteiger partial charge is 0.330 e. The highest BCUT2D eigenvalue weighted by molar-refractivity contribution is 5.86. The third kappa shape index (κ3) is 3.47. The van der Waals surface area contributed by atoms with Gasteiger partial charge in [0.1, 0.15) is 0 Å². The normalized spacial score (nSPS) is 20.7. The number of rotatable bonds is 5. The van der Waals surface area contributed by atoms with Gasteiger partial charge < -0.3 is 9.47 Å². The Bertz CT molecular complexity index is 516. The Balaban J connectivity index is 1.95. The van der Waals surface area contributed by atoms with Crippen molar-refractivity contribution in [3.05, 3.63) is 41.5 Å². The van der Waals surface area contributed by atoms with Crippen LogP contribution in [0.4, 0.5) is 0 Å². The van der Waals surface area contributed by atoms with Crippen LogP contribution < -0.4 is 0 Å². The number of benzene rings is 1. The highest BCUT2D eigenvalue weighted by Crippen LogP contribution is 2.48. The molecular weight excluding hydrogens is 256 g/mol. The van der Waals surface area contributed by atoms with E-state index >= 15 is 0 Å². The Hall–Kier alpha value is -2.10. The summed E-state index contributed by atoms with van der Waals surface area (Å²) in [4.78, 5) is 22.6. The van der Waals surface area contributed by atoms with Crippen LogP contribution in [0.1, 0.15) is 30.4 Å².